The lowest BCUT2D eigenvalue weighted by molar-refractivity contribution is -0.158. The van der Waals surface area contributed by atoms with Gasteiger partial charge in [-0.15, -0.1) is 0 Å². The first-order valence-electron chi connectivity index (χ1n) is 7.75. The molecule has 0 N–H and O–H groups in total. The van der Waals surface area contributed by atoms with E-state index in [2.05, 4.69) is 15.9 Å². The Kier molecular flexibility index (Phi) is 6.26. The maximum atomic E-state index is 11.9. The number of ether oxygens (including phenoxy) is 3. The summed E-state index contributed by atoms with van der Waals surface area (Å²) in [5, 5.41) is 0. The fourth-order valence-electron chi connectivity index (χ4n) is 2.02. The van der Waals surface area contributed by atoms with Gasteiger partial charge in [-0.3, -0.25) is 0 Å². The van der Waals surface area contributed by atoms with Crippen LogP contribution < -0.4 is 9.47 Å². The molecule has 0 aromatic heterocycles. The summed E-state index contributed by atoms with van der Waals surface area (Å²) in [5.41, 5.74) is 0.0303. The van der Waals surface area contributed by atoms with Gasteiger partial charge < -0.3 is 14.2 Å². The van der Waals surface area contributed by atoms with Gasteiger partial charge in [0.15, 0.2) is 5.60 Å². The Labute approximate surface area is 150 Å². The van der Waals surface area contributed by atoms with Crippen LogP contribution in [-0.4, -0.2) is 18.2 Å². The van der Waals surface area contributed by atoms with Crippen molar-refractivity contribution in [3.05, 3.63) is 58.6 Å². The molecule has 0 fully saturated rings. The van der Waals surface area contributed by atoms with Crippen molar-refractivity contribution in [1.82, 2.24) is 0 Å². The maximum absolute atomic E-state index is 11.9. The number of esters is 1. The molecule has 128 valence electrons. The molecule has 24 heavy (non-hydrogen) atoms. The van der Waals surface area contributed by atoms with E-state index in [1.54, 1.807) is 26.8 Å². The van der Waals surface area contributed by atoms with Crippen LogP contribution in [0.5, 0.6) is 11.5 Å². The Morgan fingerprint density at radius 1 is 1.12 bits per heavy atom. The standard InChI is InChI=1S/C19H21BrO4/c1-4-22-18(21)19(2,3)24-17-11-10-15(12-16(17)20)23-13-14-8-6-5-7-9-14/h5-12H,4,13H2,1-3H3. The van der Waals surface area contributed by atoms with Gasteiger partial charge in [0.2, 0.25) is 0 Å². The molecule has 0 atom stereocenters. The van der Waals surface area contributed by atoms with Crippen molar-refractivity contribution in [2.75, 3.05) is 6.61 Å². The van der Waals surface area contributed by atoms with Crippen LogP contribution in [0.3, 0.4) is 0 Å². The minimum absolute atomic E-state index is 0.319. The first-order valence-corrected chi connectivity index (χ1v) is 8.54. The molecular formula is C19H21BrO4. The molecule has 0 saturated carbocycles. The molecule has 0 aliphatic heterocycles. The van der Waals surface area contributed by atoms with Crippen LogP contribution in [0.1, 0.15) is 26.3 Å². The molecule has 0 amide bonds. The molecule has 0 radical (unpaired) electrons. The number of carbonyl (C=O) groups excluding carboxylic acids is 1. The lowest BCUT2D eigenvalue weighted by Gasteiger charge is -2.24. The van der Waals surface area contributed by atoms with Crippen LogP contribution in [0.15, 0.2) is 53.0 Å². The summed E-state index contributed by atoms with van der Waals surface area (Å²) in [6.45, 7) is 5.93. The molecular weight excluding hydrogens is 372 g/mol. The highest BCUT2D eigenvalue weighted by atomic mass is 79.9. The van der Waals surface area contributed by atoms with E-state index in [0.29, 0.717) is 29.2 Å². The van der Waals surface area contributed by atoms with Crippen molar-refractivity contribution in [2.24, 2.45) is 0 Å². The van der Waals surface area contributed by atoms with Crippen molar-refractivity contribution in [2.45, 2.75) is 33.0 Å². The Morgan fingerprint density at radius 2 is 1.83 bits per heavy atom. The van der Waals surface area contributed by atoms with Gasteiger partial charge in [0.1, 0.15) is 18.1 Å². The molecule has 0 bridgehead atoms. The number of hydrogen-bond acceptors (Lipinski definition) is 4. The van der Waals surface area contributed by atoms with Gasteiger partial charge in [-0.25, -0.2) is 4.79 Å². The molecule has 0 saturated heterocycles. The summed E-state index contributed by atoms with van der Waals surface area (Å²) >= 11 is 3.46. The van der Waals surface area contributed by atoms with Gasteiger partial charge in [0.05, 0.1) is 11.1 Å². The van der Waals surface area contributed by atoms with Crippen molar-refractivity contribution < 1.29 is 19.0 Å². The summed E-state index contributed by atoms with van der Waals surface area (Å²) in [5.74, 6) is 0.869. The molecule has 2 rings (SSSR count). The average molecular weight is 393 g/mol. The van der Waals surface area contributed by atoms with E-state index in [0.717, 1.165) is 5.56 Å². The summed E-state index contributed by atoms with van der Waals surface area (Å²) in [6, 6.07) is 15.3. The van der Waals surface area contributed by atoms with E-state index in [4.69, 9.17) is 14.2 Å². The third-order valence-corrected chi connectivity index (χ3v) is 3.90. The molecule has 0 spiro atoms. The van der Waals surface area contributed by atoms with Gasteiger partial charge in [0, 0.05) is 0 Å². The van der Waals surface area contributed by atoms with Gasteiger partial charge in [-0.05, 0) is 60.5 Å². The fourth-order valence-corrected chi connectivity index (χ4v) is 2.46. The number of carbonyl (C=O) groups is 1. The minimum atomic E-state index is -1.06. The zero-order valence-corrected chi connectivity index (χ0v) is 15.6. The third-order valence-electron chi connectivity index (χ3n) is 3.28. The monoisotopic (exact) mass is 392 g/mol. The quantitative estimate of drug-likeness (QED) is 0.637. The average Bonchev–Trinajstić information content (AvgIpc) is 2.56. The van der Waals surface area contributed by atoms with Gasteiger partial charge >= 0.3 is 5.97 Å². The van der Waals surface area contributed by atoms with E-state index in [1.807, 2.05) is 42.5 Å². The Balaban J connectivity index is 2.02. The van der Waals surface area contributed by atoms with E-state index < -0.39 is 11.6 Å². The number of benzene rings is 2. The van der Waals surface area contributed by atoms with Crippen molar-refractivity contribution in [1.29, 1.82) is 0 Å². The van der Waals surface area contributed by atoms with E-state index in [9.17, 15) is 4.79 Å². The molecule has 0 aliphatic rings. The van der Waals surface area contributed by atoms with E-state index in [-0.39, 0.29) is 0 Å². The molecule has 2 aromatic carbocycles. The lowest BCUT2D eigenvalue weighted by atomic mass is 10.1. The summed E-state index contributed by atoms with van der Waals surface area (Å²) < 4.78 is 17.3. The second-order valence-corrected chi connectivity index (χ2v) is 6.55. The Morgan fingerprint density at radius 3 is 2.46 bits per heavy atom. The van der Waals surface area contributed by atoms with Crippen LogP contribution in [0.4, 0.5) is 0 Å². The Bertz CT molecular complexity index is 683. The minimum Gasteiger partial charge on any atom is -0.489 e. The zero-order chi connectivity index (χ0) is 17.6. The summed E-state index contributed by atoms with van der Waals surface area (Å²) in [4.78, 5) is 11.9. The highest BCUT2D eigenvalue weighted by Gasteiger charge is 2.32. The van der Waals surface area contributed by atoms with Crippen molar-refractivity contribution in [3.63, 3.8) is 0 Å². The fraction of sp³-hybridized carbons (Fsp3) is 0.316. The molecule has 4 nitrogen and oxygen atoms in total. The van der Waals surface area contributed by atoms with Crippen molar-refractivity contribution in [3.8, 4) is 11.5 Å². The first-order chi connectivity index (χ1) is 11.4. The van der Waals surface area contributed by atoms with Gasteiger partial charge in [-0.1, -0.05) is 30.3 Å². The van der Waals surface area contributed by atoms with E-state index in [1.165, 1.54) is 0 Å². The molecule has 2 aromatic rings. The predicted molar refractivity (Wildman–Crippen MR) is 96.3 cm³/mol. The number of hydrogen-bond donors (Lipinski definition) is 0. The SMILES string of the molecule is CCOC(=O)C(C)(C)Oc1ccc(OCc2ccccc2)cc1Br. The van der Waals surface area contributed by atoms with Crippen LogP contribution in [0, 0.1) is 0 Å². The maximum Gasteiger partial charge on any atom is 0.349 e. The topological polar surface area (TPSA) is 44.8 Å². The highest BCUT2D eigenvalue weighted by Crippen LogP contribution is 2.32. The van der Waals surface area contributed by atoms with Crippen molar-refractivity contribution >= 4 is 21.9 Å². The zero-order valence-electron chi connectivity index (χ0n) is 14.0. The second kappa shape index (κ2) is 8.20. The summed E-state index contributed by atoms with van der Waals surface area (Å²) in [7, 11) is 0. The predicted octanol–water partition coefficient (Wildman–Crippen LogP) is 4.75. The van der Waals surface area contributed by atoms with Crippen LogP contribution in [0.2, 0.25) is 0 Å². The lowest BCUT2D eigenvalue weighted by Crippen LogP contribution is -2.39. The van der Waals surface area contributed by atoms with Crippen LogP contribution in [0.25, 0.3) is 0 Å². The number of halogens is 1. The molecule has 0 aliphatic carbocycles. The molecule has 0 unspecified atom stereocenters. The van der Waals surface area contributed by atoms with E-state index >= 15 is 0 Å². The van der Waals surface area contributed by atoms with Crippen LogP contribution in [-0.2, 0) is 16.1 Å². The summed E-state index contributed by atoms with van der Waals surface area (Å²) in [6.07, 6.45) is 0. The molecule has 5 heteroatoms. The van der Waals surface area contributed by atoms with Gasteiger partial charge in [-0.2, -0.15) is 0 Å². The molecule has 0 heterocycles. The second-order valence-electron chi connectivity index (χ2n) is 5.70. The van der Waals surface area contributed by atoms with Gasteiger partial charge in [0.25, 0.3) is 0 Å². The van der Waals surface area contributed by atoms with Crippen LogP contribution >= 0.6 is 15.9 Å². The highest BCUT2D eigenvalue weighted by molar-refractivity contribution is 9.10. The smallest absolute Gasteiger partial charge is 0.349 e. The third kappa shape index (κ3) is 4.99. The normalized spacial score (nSPS) is 11.0. The first kappa shape index (κ1) is 18.3. The number of rotatable bonds is 7. The largest absolute Gasteiger partial charge is 0.489 e. The Hall–Kier alpha value is -2.01.